The molecule has 1 aromatic rings. The zero-order valence-electron chi connectivity index (χ0n) is 9.40. The van der Waals surface area contributed by atoms with Gasteiger partial charge in [-0.2, -0.15) is 5.26 Å². The first kappa shape index (κ1) is 13.7. The molecule has 0 unspecified atom stereocenters. The standard InChI is InChI=1S/C12H12BrNO3/c1-16-6-2-3-12(15)17-11-5-4-10(13)7-9(11)8-14/h4-5,7H,2-3,6H2,1H3. The number of carbonyl (C=O) groups is 1. The summed E-state index contributed by atoms with van der Waals surface area (Å²) in [7, 11) is 1.58. The van der Waals surface area contributed by atoms with Gasteiger partial charge in [-0.15, -0.1) is 0 Å². The van der Waals surface area contributed by atoms with Crippen LogP contribution in [0, 0.1) is 11.3 Å². The van der Waals surface area contributed by atoms with Crippen LogP contribution in [0.3, 0.4) is 0 Å². The third-order valence-corrected chi connectivity index (χ3v) is 2.51. The van der Waals surface area contributed by atoms with E-state index in [4.69, 9.17) is 14.7 Å². The Balaban J connectivity index is 2.62. The molecule has 0 bridgehead atoms. The third kappa shape index (κ3) is 4.55. The number of carbonyl (C=O) groups excluding carboxylic acids is 1. The summed E-state index contributed by atoms with van der Waals surface area (Å²) in [6.45, 7) is 0.514. The number of nitriles is 1. The summed E-state index contributed by atoms with van der Waals surface area (Å²) in [6.07, 6.45) is 0.878. The van der Waals surface area contributed by atoms with Crippen molar-refractivity contribution < 1.29 is 14.3 Å². The Morgan fingerprint density at radius 1 is 1.53 bits per heavy atom. The smallest absolute Gasteiger partial charge is 0.311 e. The lowest BCUT2D eigenvalue weighted by atomic mass is 10.2. The molecule has 0 aromatic heterocycles. The molecule has 0 spiro atoms. The van der Waals surface area contributed by atoms with E-state index in [2.05, 4.69) is 15.9 Å². The van der Waals surface area contributed by atoms with Gasteiger partial charge >= 0.3 is 5.97 Å². The van der Waals surface area contributed by atoms with Crippen molar-refractivity contribution in [1.82, 2.24) is 0 Å². The minimum absolute atomic E-state index is 0.273. The van der Waals surface area contributed by atoms with Crippen LogP contribution in [0.4, 0.5) is 0 Å². The zero-order chi connectivity index (χ0) is 12.7. The van der Waals surface area contributed by atoms with Crippen molar-refractivity contribution in [2.75, 3.05) is 13.7 Å². The molecule has 0 atom stereocenters. The highest BCUT2D eigenvalue weighted by Gasteiger charge is 2.09. The lowest BCUT2D eigenvalue weighted by Gasteiger charge is -2.06. The predicted molar refractivity (Wildman–Crippen MR) is 65.6 cm³/mol. The van der Waals surface area contributed by atoms with Crippen LogP contribution in [0.15, 0.2) is 22.7 Å². The van der Waals surface area contributed by atoms with E-state index < -0.39 is 0 Å². The molecule has 0 heterocycles. The van der Waals surface area contributed by atoms with Crippen LogP contribution in [-0.4, -0.2) is 19.7 Å². The molecule has 1 aromatic carbocycles. The molecular formula is C12H12BrNO3. The minimum atomic E-state index is -0.360. The molecule has 4 nitrogen and oxygen atoms in total. The Bertz CT molecular complexity index is 440. The summed E-state index contributed by atoms with van der Waals surface area (Å²) in [6, 6.07) is 6.90. The van der Waals surface area contributed by atoms with E-state index in [-0.39, 0.29) is 18.1 Å². The fourth-order valence-corrected chi connectivity index (χ4v) is 1.57. The van der Waals surface area contributed by atoms with E-state index in [1.807, 2.05) is 6.07 Å². The number of ether oxygens (including phenoxy) is 2. The molecule has 5 heteroatoms. The second kappa shape index (κ2) is 7.05. The fourth-order valence-electron chi connectivity index (χ4n) is 1.21. The van der Waals surface area contributed by atoms with Crippen LogP contribution in [0.2, 0.25) is 0 Å². The largest absolute Gasteiger partial charge is 0.425 e. The number of benzene rings is 1. The van der Waals surface area contributed by atoms with Crippen molar-refractivity contribution >= 4 is 21.9 Å². The summed E-state index contributed by atoms with van der Waals surface area (Å²) in [5.41, 5.74) is 0.333. The van der Waals surface area contributed by atoms with Gasteiger partial charge in [-0.25, -0.2) is 0 Å². The molecule has 0 saturated carbocycles. The zero-order valence-corrected chi connectivity index (χ0v) is 11.0. The second-order valence-electron chi connectivity index (χ2n) is 3.32. The van der Waals surface area contributed by atoms with E-state index in [1.165, 1.54) is 0 Å². The molecule has 0 saturated heterocycles. The first-order valence-corrected chi connectivity index (χ1v) is 5.86. The topological polar surface area (TPSA) is 59.3 Å². The molecule has 1 rings (SSSR count). The lowest BCUT2D eigenvalue weighted by Crippen LogP contribution is -2.09. The number of halogens is 1. The monoisotopic (exact) mass is 297 g/mol. The van der Waals surface area contributed by atoms with Crippen molar-refractivity contribution in [2.45, 2.75) is 12.8 Å². The number of esters is 1. The van der Waals surface area contributed by atoms with E-state index in [0.717, 1.165) is 4.47 Å². The minimum Gasteiger partial charge on any atom is -0.425 e. The molecule has 17 heavy (non-hydrogen) atoms. The molecule has 0 fully saturated rings. The first-order chi connectivity index (χ1) is 8.17. The van der Waals surface area contributed by atoms with Gasteiger partial charge in [0, 0.05) is 24.6 Å². The molecule has 0 aliphatic heterocycles. The van der Waals surface area contributed by atoms with Gasteiger partial charge in [-0.05, 0) is 24.6 Å². The SMILES string of the molecule is COCCCC(=O)Oc1ccc(Br)cc1C#N. The lowest BCUT2D eigenvalue weighted by molar-refractivity contribution is -0.134. The Hall–Kier alpha value is -1.38. The number of hydrogen-bond donors (Lipinski definition) is 0. The summed E-state index contributed by atoms with van der Waals surface area (Å²) in [4.78, 5) is 11.4. The van der Waals surface area contributed by atoms with Gasteiger partial charge in [0.25, 0.3) is 0 Å². The number of hydrogen-bond acceptors (Lipinski definition) is 4. The Labute approximate surface area is 108 Å². The summed E-state index contributed by atoms with van der Waals surface area (Å²) >= 11 is 3.25. The van der Waals surface area contributed by atoms with E-state index in [0.29, 0.717) is 18.6 Å². The first-order valence-electron chi connectivity index (χ1n) is 5.06. The maximum atomic E-state index is 11.4. The Morgan fingerprint density at radius 3 is 2.94 bits per heavy atom. The summed E-state index contributed by atoms with van der Waals surface area (Å²) < 4.78 is 10.7. The van der Waals surface area contributed by atoms with Crippen molar-refractivity contribution in [2.24, 2.45) is 0 Å². The second-order valence-corrected chi connectivity index (χ2v) is 4.24. The van der Waals surface area contributed by atoms with Crippen LogP contribution >= 0.6 is 15.9 Å². The summed E-state index contributed by atoms with van der Waals surface area (Å²) in [5.74, 6) is -0.0704. The van der Waals surface area contributed by atoms with E-state index in [9.17, 15) is 4.79 Å². The highest BCUT2D eigenvalue weighted by molar-refractivity contribution is 9.10. The van der Waals surface area contributed by atoms with Crippen molar-refractivity contribution in [1.29, 1.82) is 5.26 Å². The highest BCUT2D eigenvalue weighted by atomic mass is 79.9. The van der Waals surface area contributed by atoms with Crippen LogP contribution in [0.1, 0.15) is 18.4 Å². The maximum absolute atomic E-state index is 11.4. The number of nitrogens with zero attached hydrogens (tertiary/aromatic N) is 1. The van der Waals surface area contributed by atoms with Gasteiger partial charge < -0.3 is 9.47 Å². The number of rotatable bonds is 5. The quantitative estimate of drug-likeness (QED) is 0.476. The molecule has 0 aliphatic rings. The number of methoxy groups -OCH3 is 1. The Kier molecular flexibility index (Phi) is 5.67. The van der Waals surface area contributed by atoms with Crippen LogP contribution in [0.25, 0.3) is 0 Å². The van der Waals surface area contributed by atoms with Gasteiger partial charge in [0.15, 0.2) is 0 Å². The van der Waals surface area contributed by atoms with Gasteiger partial charge in [0.2, 0.25) is 0 Å². The van der Waals surface area contributed by atoms with Crippen molar-refractivity contribution in [3.63, 3.8) is 0 Å². The van der Waals surface area contributed by atoms with Gasteiger partial charge in [-0.3, -0.25) is 4.79 Å². The predicted octanol–water partition coefficient (Wildman–Crippen LogP) is 2.65. The molecule has 0 N–H and O–H groups in total. The molecule has 0 radical (unpaired) electrons. The third-order valence-electron chi connectivity index (χ3n) is 2.02. The Morgan fingerprint density at radius 2 is 2.29 bits per heavy atom. The van der Waals surface area contributed by atoms with Gasteiger partial charge in [0.1, 0.15) is 11.8 Å². The van der Waals surface area contributed by atoms with E-state index in [1.54, 1.807) is 25.3 Å². The molecule has 90 valence electrons. The average Bonchev–Trinajstić information content (AvgIpc) is 2.32. The van der Waals surface area contributed by atoms with Crippen LogP contribution in [-0.2, 0) is 9.53 Å². The fraction of sp³-hybridized carbons (Fsp3) is 0.333. The molecular weight excluding hydrogens is 286 g/mol. The highest BCUT2D eigenvalue weighted by Crippen LogP contribution is 2.22. The average molecular weight is 298 g/mol. The van der Waals surface area contributed by atoms with E-state index >= 15 is 0 Å². The molecule has 0 aliphatic carbocycles. The van der Waals surface area contributed by atoms with Gasteiger partial charge in [-0.1, -0.05) is 15.9 Å². The van der Waals surface area contributed by atoms with Crippen LogP contribution in [0.5, 0.6) is 5.75 Å². The van der Waals surface area contributed by atoms with Gasteiger partial charge in [0.05, 0.1) is 5.56 Å². The normalized spacial score (nSPS) is 9.71. The molecule has 0 amide bonds. The van der Waals surface area contributed by atoms with Crippen molar-refractivity contribution in [3.8, 4) is 11.8 Å². The van der Waals surface area contributed by atoms with Crippen LogP contribution < -0.4 is 4.74 Å². The maximum Gasteiger partial charge on any atom is 0.311 e. The van der Waals surface area contributed by atoms with Crippen molar-refractivity contribution in [3.05, 3.63) is 28.2 Å². The summed E-state index contributed by atoms with van der Waals surface area (Å²) in [5, 5.41) is 8.89.